The summed E-state index contributed by atoms with van der Waals surface area (Å²) in [7, 11) is 1.32. The molecule has 28 heavy (non-hydrogen) atoms. The fraction of sp³-hybridized carbons (Fsp3) is 0.250. The molecule has 0 radical (unpaired) electrons. The average Bonchev–Trinajstić information content (AvgIpc) is 3.10. The van der Waals surface area contributed by atoms with Crippen molar-refractivity contribution in [3.8, 4) is 16.5 Å². The number of halogens is 1. The van der Waals surface area contributed by atoms with Crippen LogP contribution in [0, 0.1) is 6.92 Å². The van der Waals surface area contributed by atoms with E-state index in [1.807, 2.05) is 26.0 Å². The summed E-state index contributed by atoms with van der Waals surface area (Å²) in [6.45, 7) is 3.98. The Morgan fingerprint density at radius 3 is 2.68 bits per heavy atom. The number of nitrogens with zero attached hydrogens (tertiary/aromatic N) is 2. The van der Waals surface area contributed by atoms with Gasteiger partial charge in [-0.15, -0.1) is 11.3 Å². The van der Waals surface area contributed by atoms with E-state index in [-0.39, 0.29) is 12.2 Å². The molecule has 0 unspecified atom stereocenters. The SMILES string of the molecule is CCc1c(C)nc(-c2ccc(Cl)s2)nc1Nc1ccc(CC(=O)OC)c(O)c1. The maximum atomic E-state index is 11.4. The fourth-order valence-electron chi connectivity index (χ4n) is 2.82. The predicted octanol–water partition coefficient (Wildman–Crippen LogP) is 4.89. The Hall–Kier alpha value is -2.64. The van der Waals surface area contributed by atoms with Crippen LogP contribution in [0.15, 0.2) is 30.3 Å². The first-order chi connectivity index (χ1) is 13.4. The number of hydrogen-bond donors (Lipinski definition) is 2. The summed E-state index contributed by atoms with van der Waals surface area (Å²) < 4.78 is 5.32. The van der Waals surface area contributed by atoms with Crippen LogP contribution in [0.5, 0.6) is 5.75 Å². The smallest absolute Gasteiger partial charge is 0.310 e. The maximum Gasteiger partial charge on any atom is 0.310 e. The molecule has 0 fully saturated rings. The van der Waals surface area contributed by atoms with Crippen LogP contribution < -0.4 is 5.32 Å². The number of aromatic nitrogens is 2. The monoisotopic (exact) mass is 417 g/mol. The molecule has 2 heterocycles. The Bertz CT molecular complexity index is 1020. The zero-order chi connectivity index (χ0) is 20.3. The molecular weight excluding hydrogens is 398 g/mol. The zero-order valence-corrected chi connectivity index (χ0v) is 17.3. The van der Waals surface area contributed by atoms with E-state index in [0.717, 1.165) is 22.6 Å². The zero-order valence-electron chi connectivity index (χ0n) is 15.7. The highest BCUT2D eigenvalue weighted by Crippen LogP contribution is 2.32. The first-order valence-electron chi connectivity index (χ1n) is 8.70. The summed E-state index contributed by atoms with van der Waals surface area (Å²) in [5.74, 6) is 0.884. The van der Waals surface area contributed by atoms with E-state index in [1.165, 1.54) is 18.4 Å². The topological polar surface area (TPSA) is 84.3 Å². The predicted molar refractivity (Wildman–Crippen MR) is 112 cm³/mol. The number of aromatic hydroxyl groups is 1. The number of methoxy groups -OCH3 is 1. The number of phenols is 1. The molecule has 0 aliphatic heterocycles. The molecule has 6 nitrogen and oxygen atoms in total. The molecule has 1 aromatic carbocycles. The second-order valence-electron chi connectivity index (χ2n) is 6.14. The molecule has 0 aliphatic carbocycles. The molecule has 0 spiro atoms. The van der Waals surface area contributed by atoms with E-state index < -0.39 is 5.97 Å². The molecular formula is C20H20ClN3O3S. The Morgan fingerprint density at radius 2 is 2.07 bits per heavy atom. The Labute approximate surface area is 172 Å². The number of benzene rings is 1. The lowest BCUT2D eigenvalue weighted by atomic mass is 10.1. The number of phenolic OH excluding ortho intramolecular Hbond substituents is 1. The molecule has 0 saturated carbocycles. The summed E-state index contributed by atoms with van der Waals surface area (Å²) in [4.78, 5) is 21.6. The van der Waals surface area contributed by atoms with Crippen LogP contribution in [0.1, 0.15) is 23.7 Å². The van der Waals surface area contributed by atoms with Gasteiger partial charge in [0, 0.05) is 28.6 Å². The van der Waals surface area contributed by atoms with Crippen LogP contribution in [-0.4, -0.2) is 28.2 Å². The second-order valence-corrected chi connectivity index (χ2v) is 7.85. The minimum atomic E-state index is -0.407. The van der Waals surface area contributed by atoms with Crippen LogP contribution in [0.25, 0.3) is 10.7 Å². The van der Waals surface area contributed by atoms with Gasteiger partial charge in [0.05, 0.1) is 22.7 Å². The van der Waals surface area contributed by atoms with Crippen molar-refractivity contribution in [3.05, 3.63) is 51.5 Å². The Balaban J connectivity index is 1.93. The van der Waals surface area contributed by atoms with Gasteiger partial charge in [-0.3, -0.25) is 4.79 Å². The van der Waals surface area contributed by atoms with Gasteiger partial charge in [-0.05, 0) is 31.5 Å². The summed E-state index contributed by atoms with van der Waals surface area (Å²) in [6, 6.07) is 8.76. The highest BCUT2D eigenvalue weighted by molar-refractivity contribution is 7.19. The molecule has 2 aromatic heterocycles. The van der Waals surface area contributed by atoms with Gasteiger partial charge < -0.3 is 15.2 Å². The van der Waals surface area contributed by atoms with E-state index in [4.69, 9.17) is 11.6 Å². The van der Waals surface area contributed by atoms with Crippen LogP contribution in [0.4, 0.5) is 11.5 Å². The number of rotatable bonds is 6. The van der Waals surface area contributed by atoms with Crippen molar-refractivity contribution >= 4 is 40.4 Å². The van der Waals surface area contributed by atoms with Gasteiger partial charge in [-0.25, -0.2) is 9.97 Å². The molecule has 146 valence electrons. The van der Waals surface area contributed by atoms with Crippen LogP contribution >= 0.6 is 22.9 Å². The third-order valence-electron chi connectivity index (χ3n) is 4.27. The number of carbonyl (C=O) groups is 1. The molecule has 3 rings (SSSR count). The van der Waals surface area contributed by atoms with Crippen LogP contribution in [0.2, 0.25) is 4.34 Å². The molecule has 0 amide bonds. The first-order valence-corrected chi connectivity index (χ1v) is 9.89. The lowest BCUT2D eigenvalue weighted by Gasteiger charge is -2.14. The van der Waals surface area contributed by atoms with Gasteiger partial charge in [-0.1, -0.05) is 24.6 Å². The van der Waals surface area contributed by atoms with Crippen LogP contribution in [-0.2, 0) is 22.4 Å². The Kier molecular flexibility index (Phi) is 6.16. The van der Waals surface area contributed by atoms with E-state index in [2.05, 4.69) is 20.0 Å². The minimum Gasteiger partial charge on any atom is -0.508 e. The third-order valence-corrected chi connectivity index (χ3v) is 5.50. The first kappa shape index (κ1) is 20.1. The summed E-state index contributed by atoms with van der Waals surface area (Å²) >= 11 is 7.46. The van der Waals surface area contributed by atoms with Crippen molar-refractivity contribution in [2.24, 2.45) is 0 Å². The van der Waals surface area contributed by atoms with Crippen molar-refractivity contribution in [2.75, 3.05) is 12.4 Å². The lowest BCUT2D eigenvalue weighted by Crippen LogP contribution is -2.06. The summed E-state index contributed by atoms with van der Waals surface area (Å²) in [6.07, 6.45) is 0.769. The molecule has 0 atom stereocenters. The second kappa shape index (κ2) is 8.58. The third kappa shape index (κ3) is 4.43. The van der Waals surface area contributed by atoms with Gasteiger partial charge in [0.15, 0.2) is 5.82 Å². The molecule has 2 N–H and O–H groups in total. The number of esters is 1. The van der Waals surface area contributed by atoms with E-state index in [0.29, 0.717) is 27.2 Å². The van der Waals surface area contributed by atoms with Crippen molar-refractivity contribution in [1.82, 2.24) is 9.97 Å². The standard InChI is InChI=1S/C20H20ClN3O3S/c1-4-14-11(2)22-20(16-7-8-17(21)28-16)24-19(14)23-13-6-5-12(15(25)10-13)9-18(26)27-3/h5-8,10,25H,4,9H2,1-3H3,(H,22,23,24). The van der Waals surface area contributed by atoms with Gasteiger partial charge in [0.25, 0.3) is 0 Å². The van der Waals surface area contributed by atoms with Crippen LogP contribution in [0.3, 0.4) is 0 Å². The molecule has 0 saturated heterocycles. The van der Waals surface area contributed by atoms with Gasteiger partial charge >= 0.3 is 5.97 Å². The average molecular weight is 418 g/mol. The Morgan fingerprint density at radius 1 is 1.29 bits per heavy atom. The summed E-state index contributed by atoms with van der Waals surface area (Å²) in [5, 5.41) is 13.5. The van der Waals surface area contributed by atoms with Crippen molar-refractivity contribution in [2.45, 2.75) is 26.7 Å². The minimum absolute atomic E-state index is 0.0126. The summed E-state index contributed by atoms with van der Waals surface area (Å²) in [5.41, 5.74) is 3.03. The van der Waals surface area contributed by atoms with Gasteiger partial charge in [0.1, 0.15) is 11.6 Å². The maximum absolute atomic E-state index is 11.4. The number of carbonyl (C=O) groups excluding carboxylic acids is 1. The van der Waals surface area contributed by atoms with Crippen molar-refractivity contribution in [1.29, 1.82) is 0 Å². The normalized spacial score (nSPS) is 10.7. The number of nitrogens with one attached hydrogen (secondary N) is 1. The number of hydrogen-bond acceptors (Lipinski definition) is 7. The number of thiophene rings is 1. The number of anilines is 2. The largest absolute Gasteiger partial charge is 0.508 e. The molecule has 0 aliphatic rings. The van der Waals surface area contributed by atoms with Crippen molar-refractivity contribution in [3.63, 3.8) is 0 Å². The fourth-order valence-corrected chi connectivity index (χ4v) is 3.80. The molecule has 8 heteroatoms. The highest BCUT2D eigenvalue weighted by Gasteiger charge is 2.14. The number of aryl methyl sites for hydroxylation is 1. The molecule has 0 bridgehead atoms. The highest BCUT2D eigenvalue weighted by atomic mass is 35.5. The number of ether oxygens (including phenoxy) is 1. The van der Waals surface area contributed by atoms with Gasteiger partial charge in [-0.2, -0.15) is 0 Å². The lowest BCUT2D eigenvalue weighted by molar-refractivity contribution is -0.139. The quantitative estimate of drug-likeness (QED) is 0.555. The van der Waals surface area contributed by atoms with E-state index in [1.54, 1.807) is 18.2 Å². The van der Waals surface area contributed by atoms with Gasteiger partial charge in [0.2, 0.25) is 0 Å². The molecule has 3 aromatic rings. The van der Waals surface area contributed by atoms with E-state index in [9.17, 15) is 9.90 Å². The van der Waals surface area contributed by atoms with Crippen molar-refractivity contribution < 1.29 is 14.6 Å². The van der Waals surface area contributed by atoms with E-state index >= 15 is 0 Å².